The third-order valence-electron chi connectivity index (χ3n) is 5.73. The van der Waals surface area contributed by atoms with Crippen LogP contribution in [0.15, 0.2) is 54.6 Å². The molecule has 0 unspecified atom stereocenters. The Bertz CT molecular complexity index is 762. The highest BCUT2D eigenvalue weighted by Gasteiger charge is 2.41. The number of hydrogen-bond donors (Lipinski definition) is 0. The van der Waals surface area contributed by atoms with Gasteiger partial charge in [0.2, 0.25) is 5.91 Å². The van der Waals surface area contributed by atoms with Crippen molar-refractivity contribution in [2.24, 2.45) is 5.92 Å². The first kappa shape index (κ1) is 17.1. The van der Waals surface area contributed by atoms with E-state index in [-0.39, 0.29) is 5.91 Å². The average molecular weight is 350 g/mol. The Kier molecular flexibility index (Phi) is 4.93. The van der Waals surface area contributed by atoms with Gasteiger partial charge in [0.15, 0.2) is 0 Å². The van der Waals surface area contributed by atoms with E-state index in [9.17, 15) is 4.79 Å². The van der Waals surface area contributed by atoms with Gasteiger partial charge in [-0.1, -0.05) is 48.5 Å². The van der Waals surface area contributed by atoms with E-state index in [2.05, 4.69) is 11.9 Å². The smallest absolute Gasteiger partial charge is 0.227 e. The first-order valence-corrected chi connectivity index (χ1v) is 9.43. The summed E-state index contributed by atoms with van der Waals surface area (Å²) in [5.41, 5.74) is 2.10. The number of nitrogens with zero attached hydrogens (tertiary/aromatic N) is 2. The molecule has 2 aromatic rings. The Balaban J connectivity index is 1.39. The zero-order chi connectivity index (χ0) is 17.9. The topological polar surface area (TPSA) is 32.8 Å². The van der Waals surface area contributed by atoms with Crippen molar-refractivity contribution in [3.05, 3.63) is 65.7 Å². The van der Waals surface area contributed by atoms with E-state index in [1.165, 1.54) is 6.42 Å². The van der Waals surface area contributed by atoms with Crippen LogP contribution >= 0.6 is 0 Å². The van der Waals surface area contributed by atoms with Gasteiger partial charge >= 0.3 is 0 Å². The van der Waals surface area contributed by atoms with E-state index < -0.39 is 0 Å². The van der Waals surface area contributed by atoms with Crippen LogP contribution in [0, 0.1) is 5.92 Å². The molecule has 2 saturated heterocycles. The molecule has 2 atom stereocenters. The van der Waals surface area contributed by atoms with Crippen LogP contribution in [0.3, 0.4) is 0 Å². The molecular weight excluding hydrogens is 324 g/mol. The molecule has 2 aromatic carbocycles. The molecule has 4 nitrogen and oxygen atoms in total. The van der Waals surface area contributed by atoms with Crippen molar-refractivity contribution in [2.45, 2.75) is 25.5 Å². The maximum Gasteiger partial charge on any atom is 0.227 e. The zero-order valence-corrected chi connectivity index (χ0v) is 15.3. The molecule has 0 spiro atoms. The Labute approximate surface area is 155 Å². The standard InChI is InChI=1S/C22H26N2O2/c1-23-12-11-19-14-24(15-20(19)23)22(25)13-18-9-5-6-10-21(18)26-16-17-7-3-2-4-8-17/h2-10,19-20H,11-16H2,1H3/t19-,20+/m0/s1. The van der Waals surface area contributed by atoms with Crippen molar-refractivity contribution in [1.29, 1.82) is 0 Å². The lowest BCUT2D eigenvalue weighted by Crippen LogP contribution is -2.35. The molecule has 2 aliphatic rings. The van der Waals surface area contributed by atoms with Crippen molar-refractivity contribution < 1.29 is 9.53 Å². The second kappa shape index (κ2) is 7.50. The van der Waals surface area contributed by atoms with Crippen LogP contribution in [0.2, 0.25) is 0 Å². The summed E-state index contributed by atoms with van der Waals surface area (Å²) in [6.07, 6.45) is 1.62. The summed E-state index contributed by atoms with van der Waals surface area (Å²) in [5.74, 6) is 1.67. The highest BCUT2D eigenvalue weighted by molar-refractivity contribution is 5.80. The first-order chi connectivity index (χ1) is 12.7. The normalized spacial score (nSPS) is 22.4. The van der Waals surface area contributed by atoms with Gasteiger partial charge in [-0.15, -0.1) is 0 Å². The number of hydrogen-bond acceptors (Lipinski definition) is 3. The van der Waals surface area contributed by atoms with Gasteiger partial charge in [-0.05, 0) is 37.6 Å². The number of ether oxygens (including phenoxy) is 1. The lowest BCUT2D eigenvalue weighted by atomic mass is 10.1. The second-order valence-electron chi connectivity index (χ2n) is 7.45. The fraction of sp³-hybridized carbons (Fsp3) is 0.409. The molecule has 4 rings (SSSR count). The molecule has 4 heteroatoms. The summed E-state index contributed by atoms with van der Waals surface area (Å²) in [6.45, 7) is 3.45. The maximum atomic E-state index is 12.8. The number of amides is 1. The summed E-state index contributed by atoms with van der Waals surface area (Å²) >= 11 is 0. The molecule has 0 bridgehead atoms. The summed E-state index contributed by atoms with van der Waals surface area (Å²) in [6, 6.07) is 18.6. The fourth-order valence-corrected chi connectivity index (χ4v) is 4.18. The van der Waals surface area contributed by atoms with E-state index in [1.807, 2.05) is 59.5 Å². The van der Waals surface area contributed by atoms with Crippen LogP contribution in [-0.2, 0) is 17.8 Å². The highest BCUT2D eigenvalue weighted by Crippen LogP contribution is 2.31. The molecule has 136 valence electrons. The summed E-state index contributed by atoms with van der Waals surface area (Å²) in [7, 11) is 2.17. The van der Waals surface area contributed by atoms with Gasteiger partial charge in [-0.3, -0.25) is 4.79 Å². The molecule has 2 aliphatic heterocycles. The van der Waals surface area contributed by atoms with Crippen molar-refractivity contribution in [2.75, 3.05) is 26.7 Å². The van der Waals surface area contributed by atoms with Crippen LogP contribution in [0.25, 0.3) is 0 Å². The van der Waals surface area contributed by atoms with Gasteiger partial charge < -0.3 is 14.5 Å². The molecule has 0 aromatic heterocycles. The quantitative estimate of drug-likeness (QED) is 0.831. The largest absolute Gasteiger partial charge is 0.489 e. The summed E-state index contributed by atoms with van der Waals surface area (Å²) in [5, 5.41) is 0. The van der Waals surface area contributed by atoms with Crippen molar-refractivity contribution >= 4 is 5.91 Å². The molecule has 1 amide bonds. The molecule has 2 heterocycles. The van der Waals surface area contributed by atoms with Crippen molar-refractivity contribution in [1.82, 2.24) is 9.80 Å². The second-order valence-corrected chi connectivity index (χ2v) is 7.45. The minimum atomic E-state index is 0.212. The van der Waals surface area contributed by atoms with Gasteiger partial charge in [0.25, 0.3) is 0 Å². The lowest BCUT2D eigenvalue weighted by Gasteiger charge is -2.21. The minimum Gasteiger partial charge on any atom is -0.489 e. The summed E-state index contributed by atoms with van der Waals surface area (Å²) < 4.78 is 6.00. The van der Waals surface area contributed by atoms with Gasteiger partial charge in [0.1, 0.15) is 12.4 Å². The van der Waals surface area contributed by atoms with Crippen LogP contribution < -0.4 is 4.74 Å². The van der Waals surface area contributed by atoms with Crippen LogP contribution in [-0.4, -0.2) is 48.4 Å². The fourth-order valence-electron chi connectivity index (χ4n) is 4.18. The van der Waals surface area contributed by atoms with Gasteiger partial charge in [-0.2, -0.15) is 0 Å². The number of likely N-dealkylation sites (tertiary alicyclic amines) is 2. The third kappa shape index (κ3) is 3.61. The monoisotopic (exact) mass is 350 g/mol. The molecule has 0 radical (unpaired) electrons. The molecular formula is C22H26N2O2. The SMILES string of the molecule is CN1CC[C@H]2CN(C(=O)Cc3ccccc3OCc3ccccc3)C[C@H]21. The van der Waals surface area contributed by atoms with E-state index in [0.29, 0.717) is 25.0 Å². The molecule has 0 N–H and O–H groups in total. The van der Waals surface area contributed by atoms with Gasteiger partial charge in [-0.25, -0.2) is 0 Å². The van der Waals surface area contributed by atoms with Gasteiger partial charge in [0.05, 0.1) is 6.42 Å². The molecule has 0 saturated carbocycles. The van der Waals surface area contributed by atoms with E-state index in [0.717, 1.165) is 36.5 Å². The van der Waals surface area contributed by atoms with Crippen LogP contribution in [0.4, 0.5) is 0 Å². The van der Waals surface area contributed by atoms with Gasteiger partial charge in [0, 0.05) is 24.7 Å². The van der Waals surface area contributed by atoms with Crippen molar-refractivity contribution in [3.8, 4) is 5.75 Å². The van der Waals surface area contributed by atoms with E-state index in [1.54, 1.807) is 0 Å². The predicted octanol–water partition coefficient (Wildman–Crippen LogP) is 2.97. The first-order valence-electron chi connectivity index (χ1n) is 9.43. The average Bonchev–Trinajstić information content (AvgIpc) is 3.24. The van der Waals surface area contributed by atoms with Crippen LogP contribution in [0.1, 0.15) is 17.5 Å². The van der Waals surface area contributed by atoms with E-state index >= 15 is 0 Å². The predicted molar refractivity (Wildman–Crippen MR) is 102 cm³/mol. The molecule has 26 heavy (non-hydrogen) atoms. The van der Waals surface area contributed by atoms with Crippen LogP contribution in [0.5, 0.6) is 5.75 Å². The Morgan fingerprint density at radius 1 is 1.08 bits per heavy atom. The maximum absolute atomic E-state index is 12.8. The summed E-state index contributed by atoms with van der Waals surface area (Å²) in [4.78, 5) is 17.3. The van der Waals surface area contributed by atoms with Crippen molar-refractivity contribution in [3.63, 3.8) is 0 Å². The zero-order valence-electron chi connectivity index (χ0n) is 15.3. The number of carbonyl (C=O) groups is 1. The number of para-hydroxylation sites is 1. The Morgan fingerprint density at radius 2 is 1.85 bits per heavy atom. The third-order valence-corrected chi connectivity index (χ3v) is 5.73. The number of fused-ring (bicyclic) bond motifs is 1. The minimum absolute atomic E-state index is 0.212. The Hall–Kier alpha value is -2.33. The number of benzene rings is 2. The van der Waals surface area contributed by atoms with E-state index in [4.69, 9.17) is 4.74 Å². The number of carbonyl (C=O) groups excluding carboxylic acids is 1. The molecule has 2 fully saturated rings. The Morgan fingerprint density at radius 3 is 2.65 bits per heavy atom. The lowest BCUT2D eigenvalue weighted by molar-refractivity contribution is -0.129. The number of rotatable bonds is 5. The molecule has 0 aliphatic carbocycles. The highest BCUT2D eigenvalue weighted by atomic mass is 16.5. The number of likely N-dealkylation sites (N-methyl/N-ethyl adjacent to an activating group) is 1.